The van der Waals surface area contributed by atoms with Crippen LogP contribution in [0.3, 0.4) is 0 Å². The molecule has 8 nitrogen and oxygen atoms in total. The largest absolute Gasteiger partial charge is 0.452 e. The Hall–Kier alpha value is -4.83. The fourth-order valence-electron chi connectivity index (χ4n) is 5.01. The lowest BCUT2D eigenvalue weighted by molar-refractivity contribution is 0.0991. The highest BCUT2D eigenvalue weighted by Gasteiger charge is 2.20. The van der Waals surface area contributed by atoms with Crippen molar-refractivity contribution >= 4 is 17.0 Å². The third kappa shape index (κ3) is 5.46. The maximum atomic E-state index is 15.2. The molecule has 0 atom stereocenters. The molecule has 1 aliphatic rings. The summed E-state index contributed by atoms with van der Waals surface area (Å²) in [4.78, 5) is 28.1. The van der Waals surface area contributed by atoms with Crippen molar-refractivity contribution in [3.8, 4) is 17.2 Å². The van der Waals surface area contributed by atoms with Gasteiger partial charge < -0.3 is 14.7 Å². The number of carbonyl (C=O) groups is 1. The quantitative estimate of drug-likeness (QED) is 0.286. The molecule has 0 aliphatic carbocycles. The average molecular weight is 557 g/mol. The molecule has 6 rings (SSSR count). The van der Waals surface area contributed by atoms with Gasteiger partial charge in [-0.2, -0.15) is 5.10 Å². The van der Waals surface area contributed by atoms with Gasteiger partial charge >= 0.3 is 0 Å². The summed E-state index contributed by atoms with van der Waals surface area (Å²) in [5, 5.41) is 14.2. The number of ketones is 1. The maximum absolute atomic E-state index is 15.2. The third-order valence-electron chi connectivity index (χ3n) is 7.22. The Morgan fingerprint density at radius 2 is 1.76 bits per heavy atom. The monoisotopic (exact) mass is 556 g/mol. The van der Waals surface area contributed by atoms with Crippen molar-refractivity contribution in [3.05, 3.63) is 118 Å². The van der Waals surface area contributed by atoms with Crippen LogP contribution in [0.4, 0.5) is 14.5 Å². The number of rotatable bonds is 7. The lowest BCUT2D eigenvalue weighted by Gasteiger charge is -2.31. The first kappa shape index (κ1) is 26.4. The van der Waals surface area contributed by atoms with E-state index in [-0.39, 0.29) is 23.8 Å². The number of aliphatic hydroxyl groups excluding tert-OH is 1. The van der Waals surface area contributed by atoms with E-state index in [2.05, 4.69) is 10.00 Å². The van der Waals surface area contributed by atoms with Gasteiger partial charge in [0.15, 0.2) is 23.1 Å². The summed E-state index contributed by atoms with van der Waals surface area (Å²) in [6.07, 6.45) is 5.81. The van der Waals surface area contributed by atoms with E-state index in [1.54, 1.807) is 28.9 Å². The molecular formula is C31H26F2N4O4. The van der Waals surface area contributed by atoms with Gasteiger partial charge in [-0.15, -0.1) is 0 Å². The Balaban J connectivity index is 1.22. The van der Waals surface area contributed by atoms with Crippen LogP contribution < -0.4 is 15.2 Å². The molecule has 5 aromatic rings. The number of anilines is 1. The fraction of sp³-hybridized carbons (Fsp3) is 0.194. The molecule has 2 aromatic carbocycles. The number of Topliss-reactive ketones (excluding diaryl/α,β-unsaturated/α-hetero) is 1. The Labute approximate surface area is 233 Å². The van der Waals surface area contributed by atoms with Crippen LogP contribution in [0.5, 0.6) is 11.5 Å². The first-order chi connectivity index (χ1) is 19.9. The number of carbonyl (C=O) groups excluding carboxylic acids is 1. The van der Waals surface area contributed by atoms with Crippen LogP contribution in [-0.4, -0.2) is 44.3 Å². The summed E-state index contributed by atoms with van der Waals surface area (Å²) in [5.74, 6) is -1.17. The van der Waals surface area contributed by atoms with Crippen LogP contribution in [0.1, 0.15) is 28.8 Å². The van der Waals surface area contributed by atoms with Crippen LogP contribution in [-0.2, 0) is 6.42 Å². The number of aliphatic hydroxyl groups is 1. The number of piperidine rings is 1. The van der Waals surface area contributed by atoms with Gasteiger partial charge in [0, 0.05) is 37.5 Å². The normalized spacial score (nSPS) is 14.0. The molecule has 4 heterocycles. The minimum absolute atomic E-state index is 0.0195. The van der Waals surface area contributed by atoms with Crippen molar-refractivity contribution in [3.63, 3.8) is 0 Å². The zero-order chi connectivity index (χ0) is 28.5. The number of pyridine rings is 2. The number of nitrogens with zero attached hydrogens (tertiary/aromatic N) is 4. The van der Waals surface area contributed by atoms with Gasteiger partial charge in [-0.05, 0) is 73.0 Å². The van der Waals surface area contributed by atoms with Crippen molar-refractivity contribution in [2.45, 2.75) is 25.4 Å². The van der Waals surface area contributed by atoms with Gasteiger partial charge in [-0.1, -0.05) is 6.07 Å². The minimum Gasteiger partial charge on any atom is -0.452 e. The van der Waals surface area contributed by atoms with Crippen LogP contribution in [0, 0.1) is 11.6 Å². The second-order valence-corrected chi connectivity index (χ2v) is 9.98. The minimum atomic E-state index is -0.656. The summed E-state index contributed by atoms with van der Waals surface area (Å²) < 4.78 is 37.4. The second-order valence-electron chi connectivity index (χ2n) is 9.98. The number of benzene rings is 2. The molecule has 208 valence electrons. The second kappa shape index (κ2) is 11.0. The van der Waals surface area contributed by atoms with E-state index in [1.807, 2.05) is 12.3 Å². The zero-order valence-corrected chi connectivity index (χ0v) is 21.9. The Bertz CT molecular complexity index is 1790. The Kier molecular flexibility index (Phi) is 7.07. The van der Waals surface area contributed by atoms with E-state index < -0.39 is 23.0 Å². The van der Waals surface area contributed by atoms with E-state index >= 15 is 4.39 Å². The number of halogens is 2. The molecule has 0 saturated carbocycles. The van der Waals surface area contributed by atoms with Crippen molar-refractivity contribution in [1.82, 2.24) is 14.2 Å². The lowest BCUT2D eigenvalue weighted by atomic mass is 10.0. The average Bonchev–Trinajstić information content (AvgIpc) is 3.45. The molecular weight excluding hydrogens is 530 g/mol. The van der Waals surface area contributed by atoms with Gasteiger partial charge in [-0.25, -0.2) is 13.3 Å². The van der Waals surface area contributed by atoms with E-state index in [0.717, 1.165) is 5.69 Å². The highest BCUT2D eigenvalue weighted by molar-refractivity contribution is 5.97. The standard InChI is InChI=1S/C31H26F2N4O4/c32-21-4-6-22(7-5-21)36-13-1-2-25(31(36)40)28(39)17-20-3-8-29(26(33)16-20)41-30-18-23(19-37-27(30)9-12-34-37)35-14-10-24(38)11-15-35/h1-9,12-13,16,18-19,24,38H,10-11,14-15,17H2. The summed E-state index contributed by atoms with van der Waals surface area (Å²) >= 11 is 0. The third-order valence-corrected chi connectivity index (χ3v) is 7.22. The Morgan fingerprint density at radius 1 is 0.976 bits per heavy atom. The number of fused-ring (bicyclic) bond motifs is 1. The molecule has 1 fully saturated rings. The number of hydrogen-bond donors (Lipinski definition) is 1. The first-order valence-electron chi connectivity index (χ1n) is 13.2. The SMILES string of the molecule is O=C(Cc1ccc(Oc2cc(N3CCC(O)CC3)cn3nccc23)c(F)c1)c1cccn(-c2ccc(F)cc2)c1=O. The summed E-state index contributed by atoms with van der Waals surface area (Å²) in [7, 11) is 0. The van der Waals surface area contributed by atoms with E-state index in [9.17, 15) is 19.1 Å². The molecule has 0 unspecified atom stereocenters. The molecule has 0 radical (unpaired) electrons. The van der Waals surface area contributed by atoms with Crippen molar-refractivity contribution < 1.29 is 23.4 Å². The summed E-state index contributed by atoms with van der Waals surface area (Å²) in [6.45, 7) is 1.36. The molecule has 1 saturated heterocycles. The first-order valence-corrected chi connectivity index (χ1v) is 13.2. The Morgan fingerprint density at radius 3 is 2.51 bits per heavy atom. The van der Waals surface area contributed by atoms with Crippen LogP contribution >= 0.6 is 0 Å². The van der Waals surface area contributed by atoms with Crippen molar-refractivity contribution in [2.24, 2.45) is 0 Å². The topological polar surface area (TPSA) is 89.1 Å². The molecule has 1 aliphatic heterocycles. The smallest absolute Gasteiger partial charge is 0.265 e. The van der Waals surface area contributed by atoms with Gasteiger partial charge in [0.25, 0.3) is 5.56 Å². The number of ether oxygens (including phenoxy) is 1. The predicted molar refractivity (Wildman–Crippen MR) is 149 cm³/mol. The van der Waals surface area contributed by atoms with Crippen molar-refractivity contribution in [2.75, 3.05) is 18.0 Å². The molecule has 41 heavy (non-hydrogen) atoms. The van der Waals surface area contributed by atoms with E-state index in [1.165, 1.54) is 53.2 Å². The summed E-state index contributed by atoms with van der Waals surface area (Å²) in [5.41, 5.74) is 1.71. The van der Waals surface area contributed by atoms with E-state index in [0.29, 0.717) is 48.4 Å². The maximum Gasteiger partial charge on any atom is 0.265 e. The van der Waals surface area contributed by atoms with Crippen molar-refractivity contribution in [1.29, 1.82) is 0 Å². The molecule has 0 bridgehead atoms. The zero-order valence-electron chi connectivity index (χ0n) is 21.9. The number of aromatic nitrogens is 3. The summed E-state index contributed by atoms with van der Waals surface area (Å²) in [6, 6.07) is 16.2. The van der Waals surface area contributed by atoms with Crippen LogP contribution in [0.25, 0.3) is 11.2 Å². The fourth-order valence-corrected chi connectivity index (χ4v) is 5.01. The highest BCUT2D eigenvalue weighted by atomic mass is 19.1. The molecule has 0 amide bonds. The van der Waals surface area contributed by atoms with Crippen LogP contribution in [0.15, 0.2) is 90.1 Å². The molecule has 10 heteroatoms. The van der Waals surface area contributed by atoms with Gasteiger partial charge in [-0.3, -0.25) is 14.2 Å². The van der Waals surface area contributed by atoms with Gasteiger partial charge in [0.05, 0.1) is 29.7 Å². The van der Waals surface area contributed by atoms with Crippen LogP contribution in [0.2, 0.25) is 0 Å². The molecule has 1 N–H and O–H groups in total. The predicted octanol–water partition coefficient (Wildman–Crippen LogP) is 4.94. The molecule has 3 aromatic heterocycles. The molecule has 0 spiro atoms. The van der Waals surface area contributed by atoms with Gasteiger partial charge in [0.1, 0.15) is 11.3 Å². The van der Waals surface area contributed by atoms with E-state index in [4.69, 9.17) is 4.74 Å². The number of hydrogen-bond acceptors (Lipinski definition) is 6. The highest BCUT2D eigenvalue weighted by Crippen LogP contribution is 2.33. The van der Waals surface area contributed by atoms with Gasteiger partial charge in [0.2, 0.25) is 0 Å². The lowest BCUT2D eigenvalue weighted by Crippen LogP contribution is -2.35.